The van der Waals surface area contributed by atoms with E-state index in [1.54, 1.807) is 0 Å². The molecule has 0 aliphatic carbocycles. The highest BCUT2D eigenvalue weighted by atomic mass is 16.4. The standard InChI is InChI=1S/C6H5O3/c1-4-2-3-5(7)6(8)9-4/h2-3,7H,1H2. The van der Waals surface area contributed by atoms with Crippen LogP contribution in [0.2, 0.25) is 0 Å². The van der Waals surface area contributed by atoms with E-state index < -0.39 is 5.63 Å². The fraction of sp³-hybridized carbons (Fsp3) is 0. The second-order valence-corrected chi connectivity index (χ2v) is 1.57. The maximum Gasteiger partial charge on any atom is 0.378 e. The summed E-state index contributed by atoms with van der Waals surface area (Å²) >= 11 is 0. The predicted octanol–water partition coefficient (Wildman–Crippen LogP) is 0.528. The van der Waals surface area contributed by atoms with Crippen LogP contribution in [0.15, 0.2) is 21.3 Å². The largest absolute Gasteiger partial charge is 0.502 e. The van der Waals surface area contributed by atoms with Gasteiger partial charge in [-0.05, 0) is 12.1 Å². The van der Waals surface area contributed by atoms with Gasteiger partial charge in [0, 0.05) is 6.92 Å². The summed E-state index contributed by atoms with van der Waals surface area (Å²) in [7, 11) is 0. The van der Waals surface area contributed by atoms with Crippen molar-refractivity contribution >= 4 is 0 Å². The van der Waals surface area contributed by atoms with E-state index in [0.717, 1.165) is 0 Å². The fourth-order valence-electron chi connectivity index (χ4n) is 0.445. The Kier molecular flexibility index (Phi) is 1.26. The molecule has 0 unspecified atom stereocenters. The van der Waals surface area contributed by atoms with E-state index >= 15 is 0 Å². The van der Waals surface area contributed by atoms with Crippen LogP contribution < -0.4 is 5.63 Å². The maximum absolute atomic E-state index is 10.4. The van der Waals surface area contributed by atoms with E-state index in [0.29, 0.717) is 0 Å². The Morgan fingerprint density at radius 3 is 2.67 bits per heavy atom. The first kappa shape index (κ1) is 5.88. The molecule has 1 rings (SSSR count). The first-order valence-corrected chi connectivity index (χ1v) is 2.35. The molecule has 3 heteroatoms. The van der Waals surface area contributed by atoms with Gasteiger partial charge in [-0.3, -0.25) is 0 Å². The Bertz CT molecular complexity index is 261. The van der Waals surface area contributed by atoms with Crippen molar-refractivity contribution in [3.8, 4) is 5.75 Å². The van der Waals surface area contributed by atoms with Crippen molar-refractivity contribution in [3.63, 3.8) is 0 Å². The van der Waals surface area contributed by atoms with E-state index in [1.807, 2.05) is 0 Å². The van der Waals surface area contributed by atoms with Crippen molar-refractivity contribution < 1.29 is 9.52 Å². The van der Waals surface area contributed by atoms with Crippen LogP contribution >= 0.6 is 0 Å². The van der Waals surface area contributed by atoms with Crippen molar-refractivity contribution in [2.45, 2.75) is 0 Å². The average molecular weight is 125 g/mol. The molecule has 47 valence electrons. The monoisotopic (exact) mass is 125 g/mol. The lowest BCUT2D eigenvalue weighted by molar-refractivity contribution is 0.406. The second-order valence-electron chi connectivity index (χ2n) is 1.57. The van der Waals surface area contributed by atoms with E-state index in [1.165, 1.54) is 12.1 Å². The molecule has 0 saturated heterocycles. The van der Waals surface area contributed by atoms with E-state index in [2.05, 4.69) is 11.3 Å². The lowest BCUT2D eigenvalue weighted by Gasteiger charge is -1.88. The van der Waals surface area contributed by atoms with Crippen LogP contribution in [0, 0.1) is 6.92 Å². The second kappa shape index (κ2) is 1.93. The topological polar surface area (TPSA) is 50.4 Å². The van der Waals surface area contributed by atoms with Gasteiger partial charge in [-0.15, -0.1) is 0 Å². The number of rotatable bonds is 0. The third-order valence-corrected chi connectivity index (χ3v) is 0.860. The number of hydrogen-bond acceptors (Lipinski definition) is 3. The van der Waals surface area contributed by atoms with Crippen molar-refractivity contribution in [3.05, 3.63) is 35.2 Å². The first-order chi connectivity index (χ1) is 4.20. The molecule has 0 aromatic carbocycles. The molecule has 1 aromatic rings. The van der Waals surface area contributed by atoms with Gasteiger partial charge in [0.15, 0.2) is 0 Å². The van der Waals surface area contributed by atoms with Crippen molar-refractivity contribution in [1.29, 1.82) is 0 Å². The SMILES string of the molecule is [CH2]c1ccc(O)c(=O)o1. The van der Waals surface area contributed by atoms with Gasteiger partial charge in [-0.2, -0.15) is 0 Å². The van der Waals surface area contributed by atoms with Crippen molar-refractivity contribution in [2.24, 2.45) is 0 Å². The predicted molar refractivity (Wildman–Crippen MR) is 31.1 cm³/mol. The molecule has 1 N–H and O–H groups in total. The van der Waals surface area contributed by atoms with Gasteiger partial charge in [-0.25, -0.2) is 4.79 Å². The summed E-state index contributed by atoms with van der Waals surface area (Å²) in [4.78, 5) is 10.4. The van der Waals surface area contributed by atoms with Crippen LogP contribution in [0.25, 0.3) is 0 Å². The first-order valence-electron chi connectivity index (χ1n) is 2.35. The molecule has 1 radical (unpaired) electrons. The number of aromatic hydroxyl groups is 1. The van der Waals surface area contributed by atoms with Gasteiger partial charge in [0.1, 0.15) is 5.76 Å². The molecule has 0 aliphatic heterocycles. The lowest BCUT2D eigenvalue weighted by atomic mass is 10.4. The number of hydrogen-bond donors (Lipinski definition) is 1. The molecule has 1 aromatic heterocycles. The zero-order chi connectivity index (χ0) is 6.85. The molecule has 0 bridgehead atoms. The summed E-state index contributed by atoms with van der Waals surface area (Å²) in [6.45, 7) is 3.34. The molecule has 0 saturated carbocycles. The van der Waals surface area contributed by atoms with Gasteiger partial charge in [-0.1, -0.05) is 0 Å². The fourth-order valence-corrected chi connectivity index (χ4v) is 0.445. The van der Waals surface area contributed by atoms with Crippen LogP contribution in [-0.2, 0) is 0 Å². The quantitative estimate of drug-likeness (QED) is 0.550. The minimum absolute atomic E-state index is 0.248. The summed E-state index contributed by atoms with van der Waals surface area (Å²) in [6.07, 6.45) is 0. The molecular weight excluding hydrogens is 120 g/mol. The lowest BCUT2D eigenvalue weighted by Crippen LogP contribution is -1.96. The zero-order valence-corrected chi connectivity index (χ0v) is 4.63. The Labute approximate surface area is 51.6 Å². The van der Waals surface area contributed by atoms with Crippen molar-refractivity contribution in [2.75, 3.05) is 0 Å². The normalized spacial score (nSPS) is 9.44. The molecule has 0 spiro atoms. The molecule has 3 nitrogen and oxygen atoms in total. The van der Waals surface area contributed by atoms with Crippen LogP contribution in [0.1, 0.15) is 5.76 Å². The van der Waals surface area contributed by atoms with Gasteiger partial charge < -0.3 is 9.52 Å². The van der Waals surface area contributed by atoms with Crippen LogP contribution in [0.4, 0.5) is 0 Å². The highest BCUT2D eigenvalue weighted by Crippen LogP contribution is 2.00. The summed E-state index contributed by atoms with van der Waals surface area (Å²) in [5.41, 5.74) is -0.748. The van der Waals surface area contributed by atoms with Gasteiger partial charge in [0.2, 0.25) is 5.75 Å². The highest BCUT2D eigenvalue weighted by Gasteiger charge is 1.95. The summed E-state index contributed by atoms with van der Waals surface area (Å²) in [5, 5.41) is 8.61. The third kappa shape index (κ3) is 1.10. The molecule has 0 atom stereocenters. The molecular formula is C6H5O3. The molecule has 0 fully saturated rings. The Balaban J connectivity index is 3.34. The van der Waals surface area contributed by atoms with Crippen LogP contribution in [0.3, 0.4) is 0 Å². The molecule has 9 heavy (non-hydrogen) atoms. The molecule has 0 amide bonds. The van der Waals surface area contributed by atoms with Crippen molar-refractivity contribution in [1.82, 2.24) is 0 Å². The average Bonchev–Trinajstić information content (AvgIpc) is 1.80. The smallest absolute Gasteiger partial charge is 0.378 e. The third-order valence-electron chi connectivity index (χ3n) is 0.860. The van der Waals surface area contributed by atoms with E-state index in [-0.39, 0.29) is 11.5 Å². The molecule has 0 aliphatic rings. The van der Waals surface area contributed by atoms with E-state index in [4.69, 9.17) is 5.11 Å². The Morgan fingerprint density at radius 2 is 2.22 bits per heavy atom. The Hall–Kier alpha value is -1.25. The summed E-state index contributed by atoms with van der Waals surface area (Å²) in [6, 6.07) is 2.66. The minimum atomic E-state index is -0.748. The Morgan fingerprint density at radius 1 is 1.56 bits per heavy atom. The van der Waals surface area contributed by atoms with Crippen LogP contribution in [-0.4, -0.2) is 5.11 Å². The summed E-state index contributed by atoms with van der Waals surface area (Å²) in [5.74, 6) is -0.139. The summed E-state index contributed by atoms with van der Waals surface area (Å²) < 4.78 is 4.39. The maximum atomic E-state index is 10.4. The van der Waals surface area contributed by atoms with Gasteiger partial charge >= 0.3 is 5.63 Å². The van der Waals surface area contributed by atoms with Gasteiger partial charge in [0.05, 0.1) is 0 Å². The molecule has 1 heterocycles. The zero-order valence-electron chi connectivity index (χ0n) is 4.63. The highest BCUT2D eigenvalue weighted by molar-refractivity contribution is 5.15. The van der Waals surface area contributed by atoms with Crippen LogP contribution in [0.5, 0.6) is 5.75 Å². The van der Waals surface area contributed by atoms with Gasteiger partial charge in [0.25, 0.3) is 0 Å². The minimum Gasteiger partial charge on any atom is -0.502 e. The van der Waals surface area contributed by atoms with E-state index in [9.17, 15) is 4.79 Å².